The summed E-state index contributed by atoms with van der Waals surface area (Å²) in [6.07, 6.45) is 6.02. The number of carbonyl (C=O) groups is 3. The largest absolute Gasteiger partial charge is 0.503 e. The van der Waals surface area contributed by atoms with Gasteiger partial charge in [-0.15, -0.1) is 0 Å². The van der Waals surface area contributed by atoms with Crippen LogP contribution >= 0.6 is 11.3 Å². The van der Waals surface area contributed by atoms with Gasteiger partial charge in [-0.2, -0.15) is 0 Å². The number of hydrogen-bond acceptors (Lipinski definition) is 8. The summed E-state index contributed by atoms with van der Waals surface area (Å²) in [6, 6.07) is 11.6. The molecule has 3 aromatic rings. The van der Waals surface area contributed by atoms with Crippen LogP contribution in [0.2, 0.25) is 0 Å². The molecule has 0 aliphatic carbocycles. The molecule has 1 N–H and O–H groups in total. The number of rotatable bonds is 7. The predicted octanol–water partition coefficient (Wildman–Crippen LogP) is 4.21. The number of allylic oxidation sites excluding steroid dienone is 1. The van der Waals surface area contributed by atoms with E-state index in [1.54, 1.807) is 38.3 Å². The minimum atomic E-state index is -0.963. The number of aryl methyl sites for hydroxylation is 1. The molecule has 0 saturated heterocycles. The van der Waals surface area contributed by atoms with Crippen LogP contribution in [0.25, 0.3) is 6.08 Å². The first-order valence-corrected chi connectivity index (χ1v) is 11.3. The Kier molecular flexibility index (Phi) is 6.65. The molecule has 1 aliphatic heterocycles. The van der Waals surface area contributed by atoms with Gasteiger partial charge in [-0.1, -0.05) is 53.8 Å². The zero-order valence-corrected chi connectivity index (χ0v) is 19.3. The standard InChI is InChI=1S/C25H21N3O5S/c1-3-33-24(32)22-15(2)27-25(34-22)28-20(17-10-7-13-26-14-17)19(21(30)23(28)31)18(29)12-11-16-8-5-4-6-9-16/h4-14,20,30H,3H2,1-2H3. The zero-order chi connectivity index (χ0) is 24.2. The zero-order valence-electron chi connectivity index (χ0n) is 18.5. The molecular weight excluding hydrogens is 454 g/mol. The molecule has 1 aliphatic rings. The van der Waals surface area contributed by atoms with Crippen LogP contribution in [0.15, 0.2) is 72.3 Å². The number of thiazole rings is 1. The molecule has 0 radical (unpaired) electrons. The van der Waals surface area contributed by atoms with Crippen LogP contribution in [0.4, 0.5) is 5.13 Å². The fourth-order valence-corrected chi connectivity index (χ4v) is 4.59. The lowest BCUT2D eigenvalue weighted by molar-refractivity contribution is -0.117. The highest BCUT2D eigenvalue weighted by Crippen LogP contribution is 2.43. The van der Waals surface area contributed by atoms with E-state index in [1.807, 2.05) is 30.3 Å². The number of carbonyl (C=O) groups excluding carboxylic acids is 3. The molecule has 8 nitrogen and oxygen atoms in total. The maximum atomic E-state index is 13.2. The molecule has 1 amide bonds. The van der Waals surface area contributed by atoms with Gasteiger partial charge in [-0.25, -0.2) is 9.78 Å². The molecule has 2 aromatic heterocycles. The van der Waals surface area contributed by atoms with Crippen molar-refractivity contribution in [1.82, 2.24) is 9.97 Å². The monoisotopic (exact) mass is 475 g/mol. The van der Waals surface area contributed by atoms with Gasteiger partial charge < -0.3 is 9.84 Å². The predicted molar refractivity (Wildman–Crippen MR) is 127 cm³/mol. The van der Waals surface area contributed by atoms with E-state index < -0.39 is 29.5 Å². The fraction of sp³-hybridized carbons (Fsp3) is 0.160. The summed E-state index contributed by atoms with van der Waals surface area (Å²) in [6.45, 7) is 3.52. The maximum absolute atomic E-state index is 13.2. The van der Waals surface area contributed by atoms with Crippen molar-refractivity contribution < 1.29 is 24.2 Å². The Morgan fingerprint density at radius 2 is 1.97 bits per heavy atom. The summed E-state index contributed by atoms with van der Waals surface area (Å²) < 4.78 is 5.07. The van der Waals surface area contributed by atoms with Gasteiger partial charge in [0.1, 0.15) is 4.88 Å². The van der Waals surface area contributed by atoms with Crippen LogP contribution in [-0.4, -0.2) is 39.3 Å². The normalized spacial score (nSPS) is 15.9. The highest BCUT2D eigenvalue weighted by molar-refractivity contribution is 7.17. The molecule has 1 atom stereocenters. The minimum Gasteiger partial charge on any atom is -0.503 e. The quantitative estimate of drug-likeness (QED) is 0.403. The van der Waals surface area contributed by atoms with E-state index in [2.05, 4.69) is 9.97 Å². The Bertz CT molecular complexity index is 1300. The first-order chi connectivity index (χ1) is 16.4. The lowest BCUT2D eigenvalue weighted by Crippen LogP contribution is -2.30. The van der Waals surface area contributed by atoms with Crippen LogP contribution in [0, 0.1) is 6.92 Å². The molecule has 9 heteroatoms. The first kappa shape index (κ1) is 23.1. The summed E-state index contributed by atoms with van der Waals surface area (Å²) in [4.78, 5) is 48.6. The van der Waals surface area contributed by atoms with Crippen molar-refractivity contribution >= 4 is 40.2 Å². The molecule has 0 fully saturated rings. The summed E-state index contributed by atoms with van der Waals surface area (Å²) in [5.74, 6) is -2.52. The SMILES string of the molecule is CCOC(=O)c1sc(N2C(=O)C(O)=C(C(=O)C=Cc3ccccc3)C2c2cccnc2)nc1C. The Morgan fingerprint density at radius 1 is 1.21 bits per heavy atom. The van der Waals surface area contributed by atoms with E-state index in [4.69, 9.17) is 4.74 Å². The highest BCUT2D eigenvalue weighted by Gasteiger charge is 2.45. The van der Waals surface area contributed by atoms with Gasteiger partial charge in [0.05, 0.1) is 23.9 Å². The van der Waals surface area contributed by atoms with E-state index in [9.17, 15) is 19.5 Å². The van der Waals surface area contributed by atoms with E-state index in [1.165, 1.54) is 17.2 Å². The van der Waals surface area contributed by atoms with Crippen molar-refractivity contribution in [3.8, 4) is 0 Å². The van der Waals surface area contributed by atoms with Gasteiger partial charge in [-0.05, 0) is 37.1 Å². The molecule has 0 bridgehead atoms. The summed E-state index contributed by atoms with van der Waals surface area (Å²) in [5, 5.41) is 10.9. The van der Waals surface area contributed by atoms with Gasteiger partial charge in [-0.3, -0.25) is 19.5 Å². The van der Waals surface area contributed by atoms with Crippen LogP contribution in [0.3, 0.4) is 0 Å². The lowest BCUT2D eigenvalue weighted by Gasteiger charge is -2.23. The maximum Gasteiger partial charge on any atom is 0.350 e. The molecule has 172 valence electrons. The second-order valence-electron chi connectivity index (χ2n) is 7.37. The van der Waals surface area contributed by atoms with Gasteiger partial charge >= 0.3 is 5.97 Å². The number of hydrogen-bond donors (Lipinski definition) is 1. The molecule has 34 heavy (non-hydrogen) atoms. The second-order valence-corrected chi connectivity index (χ2v) is 8.34. The first-order valence-electron chi connectivity index (χ1n) is 10.5. The highest BCUT2D eigenvalue weighted by atomic mass is 32.1. The van der Waals surface area contributed by atoms with Gasteiger partial charge in [0.25, 0.3) is 5.91 Å². The van der Waals surface area contributed by atoms with Crippen LogP contribution in [-0.2, 0) is 14.3 Å². The molecule has 4 rings (SSSR count). The third-order valence-corrected chi connectivity index (χ3v) is 6.29. The van der Waals surface area contributed by atoms with E-state index >= 15 is 0 Å². The van der Waals surface area contributed by atoms with Crippen molar-refractivity contribution in [2.45, 2.75) is 19.9 Å². The van der Waals surface area contributed by atoms with Crippen molar-refractivity contribution in [1.29, 1.82) is 0 Å². The van der Waals surface area contributed by atoms with Crippen LogP contribution in [0.1, 0.15) is 39.5 Å². The lowest BCUT2D eigenvalue weighted by atomic mass is 9.97. The Labute approximate surface area is 199 Å². The van der Waals surface area contributed by atoms with Gasteiger partial charge in [0.15, 0.2) is 16.7 Å². The number of ether oxygens (including phenoxy) is 1. The van der Waals surface area contributed by atoms with Crippen molar-refractivity contribution in [3.05, 3.63) is 94.0 Å². The number of benzene rings is 1. The molecule has 1 aromatic carbocycles. The van der Waals surface area contributed by atoms with Crippen molar-refractivity contribution in [2.75, 3.05) is 11.5 Å². The average molecular weight is 476 g/mol. The van der Waals surface area contributed by atoms with Gasteiger partial charge in [0.2, 0.25) is 0 Å². The number of aromatic nitrogens is 2. The topological polar surface area (TPSA) is 110 Å². The third-order valence-electron chi connectivity index (χ3n) is 5.15. The Balaban J connectivity index is 1.76. The molecule has 0 spiro atoms. The Morgan fingerprint density at radius 3 is 2.65 bits per heavy atom. The van der Waals surface area contributed by atoms with E-state index in [-0.39, 0.29) is 22.2 Å². The van der Waals surface area contributed by atoms with Crippen molar-refractivity contribution in [3.63, 3.8) is 0 Å². The number of pyridine rings is 1. The summed E-state index contributed by atoms with van der Waals surface area (Å²) in [7, 11) is 0. The number of ketones is 1. The summed E-state index contributed by atoms with van der Waals surface area (Å²) in [5.41, 5.74) is 1.61. The number of nitrogens with zero attached hydrogens (tertiary/aromatic N) is 3. The molecule has 1 unspecified atom stereocenters. The van der Waals surface area contributed by atoms with Crippen LogP contribution < -0.4 is 4.90 Å². The molecule has 3 heterocycles. The summed E-state index contributed by atoms with van der Waals surface area (Å²) >= 11 is 0.965. The van der Waals surface area contributed by atoms with E-state index in [0.717, 1.165) is 16.9 Å². The fourth-order valence-electron chi connectivity index (χ4n) is 3.60. The van der Waals surface area contributed by atoms with Crippen molar-refractivity contribution in [2.24, 2.45) is 0 Å². The number of anilines is 1. The number of esters is 1. The number of amides is 1. The van der Waals surface area contributed by atoms with Gasteiger partial charge in [0, 0.05) is 12.4 Å². The molecular formula is C25H21N3O5S. The number of aliphatic hydroxyl groups is 1. The average Bonchev–Trinajstić information content (AvgIpc) is 3.36. The molecule has 0 saturated carbocycles. The third kappa shape index (κ3) is 4.38. The van der Waals surface area contributed by atoms with E-state index in [0.29, 0.717) is 11.3 Å². The Hall–Kier alpha value is -4.11. The smallest absolute Gasteiger partial charge is 0.350 e. The van der Waals surface area contributed by atoms with Crippen LogP contribution in [0.5, 0.6) is 0 Å². The number of aliphatic hydroxyl groups excluding tert-OH is 1. The minimum absolute atomic E-state index is 0.0873. The second kappa shape index (κ2) is 9.80.